The third kappa shape index (κ3) is 3.92. The molecule has 19 heavy (non-hydrogen) atoms. The van der Waals surface area contributed by atoms with Gasteiger partial charge in [0, 0.05) is 17.4 Å². The second-order valence-electron chi connectivity index (χ2n) is 4.08. The van der Waals surface area contributed by atoms with Gasteiger partial charge in [-0.1, -0.05) is 17.8 Å². The van der Waals surface area contributed by atoms with Crippen molar-refractivity contribution >= 4 is 23.3 Å². The normalized spacial score (nSPS) is 12.4. The highest BCUT2D eigenvalue weighted by molar-refractivity contribution is 8.00. The Bertz CT molecular complexity index is 515. The fourth-order valence-corrected chi connectivity index (χ4v) is 3.08. The third-order valence-corrected chi connectivity index (χ3v) is 4.45. The van der Waals surface area contributed by atoms with Crippen molar-refractivity contribution in [3.63, 3.8) is 0 Å². The fraction of sp³-hybridized carbons (Fsp3) is 0.385. The van der Waals surface area contributed by atoms with Gasteiger partial charge in [0.25, 0.3) is 0 Å². The quantitative estimate of drug-likeness (QED) is 0.829. The maximum absolute atomic E-state index is 5.93. The summed E-state index contributed by atoms with van der Waals surface area (Å²) in [7, 11) is 0. The molecule has 0 spiro atoms. The largest absolute Gasteiger partial charge is 0.494 e. The molecule has 1 atom stereocenters. The van der Waals surface area contributed by atoms with E-state index in [4.69, 9.17) is 10.5 Å². The monoisotopic (exact) mass is 295 g/mol. The van der Waals surface area contributed by atoms with Gasteiger partial charge < -0.3 is 10.5 Å². The summed E-state index contributed by atoms with van der Waals surface area (Å²) in [6, 6.07) is 6.16. The number of rotatable bonds is 6. The Morgan fingerprint density at radius 1 is 1.47 bits per heavy atom. The smallest absolute Gasteiger partial charge is 0.170 e. The lowest BCUT2D eigenvalue weighted by molar-refractivity contribution is 0.337. The highest BCUT2D eigenvalue weighted by Crippen LogP contribution is 2.30. The summed E-state index contributed by atoms with van der Waals surface area (Å²) >= 11 is 3.07. The van der Waals surface area contributed by atoms with Crippen molar-refractivity contribution in [2.24, 2.45) is 5.73 Å². The third-order valence-electron chi connectivity index (χ3n) is 2.60. The topological polar surface area (TPSA) is 61.0 Å². The lowest BCUT2D eigenvalue weighted by Crippen LogP contribution is -2.06. The van der Waals surface area contributed by atoms with E-state index in [1.165, 1.54) is 11.5 Å². The van der Waals surface area contributed by atoms with E-state index in [0.717, 1.165) is 27.0 Å². The molecule has 102 valence electrons. The highest BCUT2D eigenvalue weighted by atomic mass is 32.2. The number of hydrogen-bond acceptors (Lipinski definition) is 6. The molecule has 0 radical (unpaired) electrons. The standard InChI is InChI=1S/C13H17N3OS2/c1-3-17-12-5-4-10(9(2)14)6-11(12)7-18-13-15-8-16-19-13/h4-6,8-9H,3,7,14H2,1-2H3. The van der Waals surface area contributed by atoms with Gasteiger partial charge in [-0.05, 0) is 43.1 Å². The van der Waals surface area contributed by atoms with Crippen molar-refractivity contribution in [3.05, 3.63) is 35.7 Å². The lowest BCUT2D eigenvalue weighted by Gasteiger charge is -2.13. The molecule has 2 N–H and O–H groups in total. The number of benzene rings is 1. The van der Waals surface area contributed by atoms with Crippen LogP contribution in [-0.2, 0) is 5.75 Å². The molecule has 0 aliphatic heterocycles. The minimum Gasteiger partial charge on any atom is -0.494 e. The average molecular weight is 295 g/mol. The van der Waals surface area contributed by atoms with Crippen LogP contribution < -0.4 is 10.5 Å². The van der Waals surface area contributed by atoms with Crippen molar-refractivity contribution < 1.29 is 4.74 Å². The van der Waals surface area contributed by atoms with E-state index in [1.54, 1.807) is 18.1 Å². The first-order chi connectivity index (χ1) is 9.20. The molecule has 2 aromatic rings. The Labute approximate surface area is 121 Å². The molecule has 1 heterocycles. The zero-order valence-corrected chi connectivity index (χ0v) is 12.6. The van der Waals surface area contributed by atoms with Crippen LogP contribution in [-0.4, -0.2) is 16.0 Å². The highest BCUT2D eigenvalue weighted by Gasteiger charge is 2.09. The summed E-state index contributed by atoms with van der Waals surface area (Å²) in [5.74, 6) is 1.73. The number of thioether (sulfide) groups is 1. The Hall–Kier alpha value is -1.11. The van der Waals surface area contributed by atoms with Crippen LogP contribution in [0.4, 0.5) is 0 Å². The Balaban J connectivity index is 2.16. The van der Waals surface area contributed by atoms with Crippen molar-refractivity contribution in [1.29, 1.82) is 0 Å². The number of hydrogen-bond donors (Lipinski definition) is 1. The summed E-state index contributed by atoms with van der Waals surface area (Å²) in [5.41, 5.74) is 8.20. The first-order valence-corrected chi connectivity index (χ1v) is 7.87. The molecule has 0 fully saturated rings. The van der Waals surface area contributed by atoms with Gasteiger partial charge in [-0.15, -0.1) is 0 Å². The van der Waals surface area contributed by atoms with Crippen molar-refractivity contribution in [1.82, 2.24) is 9.36 Å². The lowest BCUT2D eigenvalue weighted by atomic mass is 10.1. The predicted octanol–water partition coefficient (Wildman–Crippen LogP) is 3.25. The van der Waals surface area contributed by atoms with Crippen LogP contribution in [0, 0.1) is 0 Å². The average Bonchev–Trinajstić information content (AvgIpc) is 2.90. The van der Waals surface area contributed by atoms with Crippen LogP contribution in [0.25, 0.3) is 0 Å². The first-order valence-electron chi connectivity index (χ1n) is 6.11. The molecule has 1 unspecified atom stereocenters. The van der Waals surface area contributed by atoms with Gasteiger partial charge >= 0.3 is 0 Å². The van der Waals surface area contributed by atoms with Gasteiger partial charge in [0.1, 0.15) is 12.1 Å². The SMILES string of the molecule is CCOc1ccc(C(C)N)cc1CSc1ncns1. The fourth-order valence-electron chi connectivity index (χ4n) is 1.66. The van der Waals surface area contributed by atoms with Crippen molar-refractivity contribution in [3.8, 4) is 5.75 Å². The minimum absolute atomic E-state index is 0.0287. The second-order valence-corrected chi connectivity index (χ2v) is 6.09. The first kappa shape index (κ1) is 14.3. The summed E-state index contributed by atoms with van der Waals surface area (Å²) < 4.78 is 10.6. The maximum atomic E-state index is 5.93. The molecule has 0 saturated carbocycles. The van der Waals surface area contributed by atoms with Crippen LogP contribution in [0.3, 0.4) is 0 Å². The molecular weight excluding hydrogens is 278 g/mol. The molecule has 0 saturated heterocycles. The number of nitrogens with two attached hydrogens (primary N) is 1. The molecule has 0 aliphatic rings. The molecule has 6 heteroatoms. The molecule has 0 amide bonds. The van der Waals surface area contributed by atoms with Gasteiger partial charge in [-0.3, -0.25) is 0 Å². The maximum Gasteiger partial charge on any atom is 0.170 e. The number of ether oxygens (including phenoxy) is 1. The summed E-state index contributed by atoms with van der Waals surface area (Å²) in [4.78, 5) is 4.17. The van der Waals surface area contributed by atoms with E-state index in [9.17, 15) is 0 Å². The molecule has 0 aliphatic carbocycles. The van der Waals surface area contributed by atoms with Gasteiger partial charge in [0.15, 0.2) is 4.34 Å². The Morgan fingerprint density at radius 3 is 2.95 bits per heavy atom. The summed E-state index contributed by atoms with van der Waals surface area (Å²) in [5, 5.41) is 0. The summed E-state index contributed by atoms with van der Waals surface area (Å²) in [6.07, 6.45) is 1.58. The van der Waals surface area contributed by atoms with E-state index < -0.39 is 0 Å². The van der Waals surface area contributed by atoms with Crippen molar-refractivity contribution in [2.75, 3.05) is 6.61 Å². The number of nitrogens with zero attached hydrogens (tertiary/aromatic N) is 2. The minimum atomic E-state index is 0.0287. The van der Waals surface area contributed by atoms with Gasteiger partial charge in [0.2, 0.25) is 0 Å². The van der Waals surface area contributed by atoms with Gasteiger partial charge in [0.05, 0.1) is 6.61 Å². The summed E-state index contributed by atoms with van der Waals surface area (Å²) in [6.45, 7) is 4.63. The predicted molar refractivity (Wildman–Crippen MR) is 79.7 cm³/mol. The molecule has 1 aromatic carbocycles. The molecule has 2 rings (SSSR count). The van der Waals surface area contributed by atoms with E-state index in [2.05, 4.69) is 15.4 Å². The molecule has 1 aromatic heterocycles. The van der Waals surface area contributed by atoms with Crippen LogP contribution in [0.5, 0.6) is 5.75 Å². The molecule has 0 bridgehead atoms. The molecular formula is C13H17N3OS2. The van der Waals surface area contributed by atoms with Gasteiger partial charge in [-0.2, -0.15) is 4.37 Å². The van der Waals surface area contributed by atoms with E-state index >= 15 is 0 Å². The molecule has 4 nitrogen and oxygen atoms in total. The second kappa shape index (κ2) is 6.88. The van der Waals surface area contributed by atoms with Gasteiger partial charge in [-0.25, -0.2) is 4.98 Å². The van der Waals surface area contributed by atoms with E-state index in [-0.39, 0.29) is 6.04 Å². The zero-order chi connectivity index (χ0) is 13.7. The number of aromatic nitrogens is 2. The zero-order valence-electron chi connectivity index (χ0n) is 11.0. The Kier molecular flexibility index (Phi) is 5.18. The van der Waals surface area contributed by atoms with E-state index in [0.29, 0.717) is 6.61 Å². The van der Waals surface area contributed by atoms with E-state index in [1.807, 2.05) is 26.0 Å². The van der Waals surface area contributed by atoms with Crippen molar-refractivity contribution in [2.45, 2.75) is 30.0 Å². The van der Waals surface area contributed by atoms with Crippen LogP contribution in [0.1, 0.15) is 31.0 Å². The van der Waals surface area contributed by atoms with Crippen LogP contribution in [0.2, 0.25) is 0 Å². The Morgan fingerprint density at radius 2 is 2.32 bits per heavy atom. The van der Waals surface area contributed by atoms with Crippen LogP contribution in [0.15, 0.2) is 28.9 Å². The van der Waals surface area contributed by atoms with Crippen LogP contribution >= 0.6 is 23.3 Å².